The second-order valence-corrected chi connectivity index (χ2v) is 7.01. The van der Waals surface area contributed by atoms with Gasteiger partial charge >= 0.3 is 0 Å². The molecule has 0 aliphatic rings. The minimum absolute atomic E-state index is 0.00771. The maximum absolute atomic E-state index is 13.2. The van der Waals surface area contributed by atoms with Gasteiger partial charge in [-0.05, 0) is 36.8 Å². The van der Waals surface area contributed by atoms with Crippen molar-refractivity contribution in [2.24, 2.45) is 0 Å². The monoisotopic (exact) mass is 398 g/mol. The lowest BCUT2D eigenvalue weighted by Gasteiger charge is -2.08. The molecule has 0 atom stereocenters. The Kier molecular flexibility index (Phi) is 4.60. The number of hydrogen-bond acceptors (Lipinski definition) is 3. The fourth-order valence-electron chi connectivity index (χ4n) is 3.08. The van der Waals surface area contributed by atoms with Crippen molar-refractivity contribution in [3.05, 3.63) is 75.0 Å². The predicted octanol–water partition coefficient (Wildman–Crippen LogP) is 3.30. The van der Waals surface area contributed by atoms with Gasteiger partial charge in [0, 0.05) is 17.4 Å². The lowest BCUT2D eigenvalue weighted by atomic mass is 10.2. The number of nitrogens with one attached hydrogen (secondary N) is 2. The van der Waals surface area contributed by atoms with Crippen LogP contribution in [-0.2, 0) is 17.9 Å². The highest BCUT2D eigenvalue weighted by atomic mass is 35.5. The zero-order chi connectivity index (χ0) is 19.8. The zero-order valence-corrected chi connectivity index (χ0v) is 15.7. The topological polar surface area (TPSA) is 79.8 Å². The number of halogens is 2. The Labute approximate surface area is 164 Å². The van der Waals surface area contributed by atoms with E-state index in [2.05, 4.69) is 15.3 Å². The SMILES string of the molecule is Cc1ccc2[nH]c3c(=O)n(CC(=O)NCc4ccc(F)c(Cl)c4)cnc3c2c1. The molecule has 0 saturated heterocycles. The molecule has 2 heterocycles. The van der Waals surface area contributed by atoms with E-state index in [1.54, 1.807) is 0 Å². The number of hydrogen-bond donors (Lipinski definition) is 2. The summed E-state index contributed by atoms with van der Waals surface area (Å²) in [6.07, 6.45) is 1.37. The summed E-state index contributed by atoms with van der Waals surface area (Å²) in [4.78, 5) is 32.4. The van der Waals surface area contributed by atoms with Crippen LogP contribution in [0.5, 0.6) is 0 Å². The Morgan fingerprint density at radius 3 is 2.89 bits per heavy atom. The van der Waals surface area contributed by atoms with Crippen LogP contribution < -0.4 is 10.9 Å². The average molecular weight is 399 g/mol. The van der Waals surface area contributed by atoms with Crippen molar-refractivity contribution >= 4 is 39.4 Å². The number of aromatic nitrogens is 3. The summed E-state index contributed by atoms with van der Waals surface area (Å²) in [7, 11) is 0. The molecule has 2 N–H and O–H groups in total. The number of carbonyl (C=O) groups excluding carboxylic acids is 1. The van der Waals surface area contributed by atoms with E-state index in [9.17, 15) is 14.0 Å². The van der Waals surface area contributed by atoms with Crippen LogP contribution in [0.15, 0.2) is 47.5 Å². The molecule has 0 radical (unpaired) electrons. The third-order valence-corrected chi connectivity index (χ3v) is 4.80. The Bertz CT molecular complexity index is 1280. The Hall–Kier alpha value is -3.19. The van der Waals surface area contributed by atoms with Crippen LogP contribution in [0.1, 0.15) is 11.1 Å². The fraction of sp³-hybridized carbons (Fsp3) is 0.150. The van der Waals surface area contributed by atoms with Crippen molar-refractivity contribution < 1.29 is 9.18 Å². The smallest absolute Gasteiger partial charge is 0.278 e. The van der Waals surface area contributed by atoms with E-state index < -0.39 is 5.82 Å². The van der Waals surface area contributed by atoms with Gasteiger partial charge in [0.25, 0.3) is 5.56 Å². The van der Waals surface area contributed by atoms with Crippen molar-refractivity contribution in [1.29, 1.82) is 0 Å². The maximum Gasteiger partial charge on any atom is 0.278 e. The number of H-pyrrole nitrogens is 1. The van der Waals surface area contributed by atoms with Gasteiger partial charge in [0.2, 0.25) is 5.91 Å². The van der Waals surface area contributed by atoms with Crippen LogP contribution in [0.4, 0.5) is 4.39 Å². The number of amides is 1. The molecular formula is C20H16ClFN4O2. The zero-order valence-electron chi connectivity index (χ0n) is 14.9. The molecule has 2 aromatic carbocycles. The Morgan fingerprint density at radius 2 is 2.11 bits per heavy atom. The second kappa shape index (κ2) is 7.09. The van der Waals surface area contributed by atoms with Gasteiger partial charge in [0.1, 0.15) is 23.4 Å². The molecule has 8 heteroatoms. The first-order valence-corrected chi connectivity index (χ1v) is 8.98. The lowest BCUT2D eigenvalue weighted by molar-refractivity contribution is -0.121. The standard InChI is InChI=1S/C20H16ClFN4O2/c1-11-2-5-16-13(6-11)18-19(25-16)20(28)26(10-24-18)9-17(27)23-8-12-3-4-15(22)14(21)7-12/h2-7,10,25H,8-9H2,1H3,(H,23,27). The van der Waals surface area contributed by atoms with Gasteiger partial charge in [-0.15, -0.1) is 0 Å². The molecule has 0 spiro atoms. The second-order valence-electron chi connectivity index (χ2n) is 6.60. The van der Waals surface area contributed by atoms with E-state index in [1.165, 1.54) is 29.1 Å². The lowest BCUT2D eigenvalue weighted by Crippen LogP contribution is -2.32. The first kappa shape index (κ1) is 18.2. The van der Waals surface area contributed by atoms with Gasteiger partial charge in [0.15, 0.2) is 0 Å². The van der Waals surface area contributed by atoms with E-state index in [0.29, 0.717) is 16.6 Å². The number of aromatic amines is 1. The van der Waals surface area contributed by atoms with Crippen molar-refractivity contribution in [1.82, 2.24) is 19.9 Å². The van der Waals surface area contributed by atoms with Crippen molar-refractivity contribution in [2.75, 3.05) is 0 Å². The molecule has 1 amide bonds. The highest BCUT2D eigenvalue weighted by Gasteiger charge is 2.13. The Morgan fingerprint density at radius 1 is 1.29 bits per heavy atom. The van der Waals surface area contributed by atoms with Gasteiger partial charge in [0.05, 0.1) is 11.3 Å². The first-order chi connectivity index (χ1) is 13.4. The molecule has 0 aliphatic heterocycles. The third kappa shape index (κ3) is 3.36. The molecule has 4 rings (SSSR count). The van der Waals surface area contributed by atoms with Crippen LogP contribution in [0, 0.1) is 12.7 Å². The third-order valence-electron chi connectivity index (χ3n) is 4.52. The first-order valence-electron chi connectivity index (χ1n) is 8.60. The van der Waals surface area contributed by atoms with Crippen LogP contribution in [-0.4, -0.2) is 20.4 Å². The number of nitrogens with zero attached hydrogens (tertiary/aromatic N) is 2. The van der Waals surface area contributed by atoms with Crippen LogP contribution >= 0.6 is 11.6 Å². The quantitative estimate of drug-likeness (QED) is 0.553. The number of carbonyl (C=O) groups is 1. The number of benzene rings is 2. The highest BCUT2D eigenvalue weighted by Crippen LogP contribution is 2.22. The van der Waals surface area contributed by atoms with Gasteiger partial charge < -0.3 is 10.3 Å². The molecule has 6 nitrogen and oxygen atoms in total. The van der Waals surface area contributed by atoms with Crippen molar-refractivity contribution in [2.45, 2.75) is 20.0 Å². The van der Waals surface area contributed by atoms with E-state index in [0.717, 1.165) is 16.5 Å². The molecule has 0 bridgehead atoms. The summed E-state index contributed by atoms with van der Waals surface area (Å²) < 4.78 is 14.4. The van der Waals surface area contributed by atoms with Gasteiger partial charge in [-0.2, -0.15) is 0 Å². The van der Waals surface area contributed by atoms with Gasteiger partial charge in [-0.25, -0.2) is 9.37 Å². The number of rotatable bonds is 4. The molecule has 0 unspecified atom stereocenters. The Balaban J connectivity index is 1.54. The summed E-state index contributed by atoms with van der Waals surface area (Å²) in [5.74, 6) is -0.883. The van der Waals surface area contributed by atoms with Gasteiger partial charge in [-0.3, -0.25) is 14.2 Å². The van der Waals surface area contributed by atoms with Crippen LogP contribution in [0.3, 0.4) is 0 Å². The van der Waals surface area contributed by atoms with Crippen LogP contribution in [0.25, 0.3) is 21.9 Å². The van der Waals surface area contributed by atoms with Crippen molar-refractivity contribution in [3.8, 4) is 0 Å². The fourth-order valence-corrected chi connectivity index (χ4v) is 3.28. The largest absolute Gasteiger partial charge is 0.350 e. The molecule has 142 valence electrons. The summed E-state index contributed by atoms with van der Waals surface area (Å²) in [6.45, 7) is 1.97. The molecule has 4 aromatic rings. The van der Waals surface area contributed by atoms with E-state index in [1.807, 2.05) is 25.1 Å². The number of aryl methyl sites for hydroxylation is 1. The predicted molar refractivity (Wildman–Crippen MR) is 106 cm³/mol. The maximum atomic E-state index is 13.2. The molecule has 0 fully saturated rings. The minimum Gasteiger partial charge on any atom is -0.350 e. The normalized spacial score (nSPS) is 11.2. The molecule has 28 heavy (non-hydrogen) atoms. The molecular weight excluding hydrogens is 383 g/mol. The minimum atomic E-state index is -0.517. The number of fused-ring (bicyclic) bond motifs is 3. The summed E-state index contributed by atoms with van der Waals surface area (Å²) >= 11 is 5.73. The van der Waals surface area contributed by atoms with E-state index in [4.69, 9.17) is 11.6 Å². The molecule has 0 aliphatic carbocycles. The van der Waals surface area contributed by atoms with E-state index in [-0.39, 0.29) is 29.6 Å². The summed E-state index contributed by atoms with van der Waals surface area (Å²) in [6, 6.07) is 10.0. The average Bonchev–Trinajstić information content (AvgIpc) is 3.03. The van der Waals surface area contributed by atoms with Crippen molar-refractivity contribution in [3.63, 3.8) is 0 Å². The molecule has 0 saturated carbocycles. The summed E-state index contributed by atoms with van der Waals surface area (Å²) in [5, 5.41) is 3.55. The van der Waals surface area contributed by atoms with Crippen LogP contribution in [0.2, 0.25) is 5.02 Å². The van der Waals surface area contributed by atoms with Gasteiger partial charge in [-0.1, -0.05) is 29.3 Å². The van der Waals surface area contributed by atoms with E-state index >= 15 is 0 Å². The highest BCUT2D eigenvalue weighted by molar-refractivity contribution is 6.30. The summed E-state index contributed by atoms with van der Waals surface area (Å²) in [5.41, 5.74) is 3.17. The molecule has 2 aromatic heterocycles.